The van der Waals surface area contributed by atoms with Crippen LogP contribution in [0.25, 0.3) is 0 Å². The third-order valence-corrected chi connectivity index (χ3v) is 6.37. The fourth-order valence-corrected chi connectivity index (χ4v) is 4.42. The molecule has 0 saturated heterocycles. The molecule has 1 aromatic carbocycles. The Kier molecular flexibility index (Phi) is 8.33. The van der Waals surface area contributed by atoms with Gasteiger partial charge in [-0.05, 0) is 42.9 Å². The predicted octanol–water partition coefficient (Wildman–Crippen LogP) is 0.0642. The summed E-state index contributed by atoms with van der Waals surface area (Å²) in [6.07, 6.45) is 2.02. The van der Waals surface area contributed by atoms with Gasteiger partial charge >= 0.3 is 28.6 Å². The molecule has 28 heavy (non-hydrogen) atoms. The molecule has 1 aliphatic rings. The van der Waals surface area contributed by atoms with Gasteiger partial charge in [0.15, 0.2) is 0 Å². The summed E-state index contributed by atoms with van der Waals surface area (Å²) in [5, 5.41) is 23.1. The monoisotopic (exact) mass is 430 g/mol. The number of sulfone groups is 1. The first kappa shape index (κ1) is 24.7. The number of alkyl halides is 3. The minimum atomic E-state index is -5.60. The molecule has 0 spiro atoms. The third kappa shape index (κ3) is 5.38. The molecule has 0 heterocycles. The molecule has 0 radical (unpaired) electrons. The number of carbonyl (C=O) groups excluding carboxylic acids is 2. The number of hydrogen-bond donors (Lipinski definition) is 0. The van der Waals surface area contributed by atoms with E-state index in [9.17, 15) is 41.4 Å². The Morgan fingerprint density at radius 2 is 1.68 bits per heavy atom. The van der Waals surface area contributed by atoms with Crippen molar-refractivity contribution in [2.45, 2.75) is 42.5 Å². The van der Waals surface area contributed by atoms with E-state index in [4.69, 9.17) is 0 Å². The van der Waals surface area contributed by atoms with Crippen molar-refractivity contribution in [2.75, 3.05) is 0 Å². The fourth-order valence-electron chi connectivity index (χ4n) is 3.59. The SMILES string of the molecule is O=C([O-])C(Cc1cccc(S(=O)(=O)C(F)(F)F)c1)C(C(=O)[O-])C1CCCC1.[Mg+2]. The van der Waals surface area contributed by atoms with E-state index < -0.39 is 56.4 Å². The van der Waals surface area contributed by atoms with E-state index in [1.54, 1.807) is 0 Å². The van der Waals surface area contributed by atoms with Gasteiger partial charge in [-0.1, -0.05) is 25.0 Å². The normalized spacial score (nSPS) is 17.5. The predicted molar refractivity (Wildman–Crippen MR) is 88.1 cm³/mol. The van der Waals surface area contributed by atoms with E-state index in [0.29, 0.717) is 18.9 Å². The number of halogens is 3. The summed E-state index contributed by atoms with van der Waals surface area (Å²) >= 11 is 0. The molecule has 2 rings (SSSR count). The van der Waals surface area contributed by atoms with Crippen molar-refractivity contribution in [2.24, 2.45) is 17.8 Å². The summed E-state index contributed by atoms with van der Waals surface area (Å²) in [6, 6.07) is 3.74. The van der Waals surface area contributed by atoms with Crippen LogP contribution in [0.1, 0.15) is 31.2 Å². The van der Waals surface area contributed by atoms with Crippen molar-refractivity contribution in [1.82, 2.24) is 0 Å². The van der Waals surface area contributed by atoms with E-state index in [-0.39, 0.29) is 28.6 Å². The molecule has 1 saturated carbocycles. The van der Waals surface area contributed by atoms with Crippen LogP contribution in [0, 0.1) is 17.8 Å². The maximum Gasteiger partial charge on any atom is 2.00 e. The maximum absolute atomic E-state index is 12.7. The molecule has 0 aromatic heterocycles. The van der Waals surface area contributed by atoms with Crippen LogP contribution < -0.4 is 10.2 Å². The quantitative estimate of drug-likeness (QED) is 0.565. The Labute approximate surface area is 176 Å². The van der Waals surface area contributed by atoms with Crippen molar-refractivity contribution in [3.05, 3.63) is 29.8 Å². The van der Waals surface area contributed by atoms with Gasteiger partial charge < -0.3 is 19.8 Å². The van der Waals surface area contributed by atoms with E-state index in [0.717, 1.165) is 25.0 Å². The smallest absolute Gasteiger partial charge is 0.550 e. The number of benzene rings is 1. The van der Waals surface area contributed by atoms with Crippen molar-refractivity contribution < 1.29 is 41.4 Å². The van der Waals surface area contributed by atoms with Gasteiger partial charge in [0.05, 0.1) is 4.90 Å². The summed E-state index contributed by atoms with van der Waals surface area (Å²) in [7, 11) is -5.60. The van der Waals surface area contributed by atoms with Crippen LogP contribution in [-0.2, 0) is 25.8 Å². The van der Waals surface area contributed by atoms with Gasteiger partial charge in [0.2, 0.25) is 0 Å². The number of carbonyl (C=O) groups is 2. The average molecular weight is 431 g/mol. The molecular formula is C17H17F3MgO6S. The van der Waals surface area contributed by atoms with Crippen molar-refractivity contribution in [3.63, 3.8) is 0 Å². The van der Waals surface area contributed by atoms with Crippen LogP contribution in [0.4, 0.5) is 13.2 Å². The van der Waals surface area contributed by atoms with Crippen molar-refractivity contribution in [3.8, 4) is 0 Å². The fraction of sp³-hybridized carbons (Fsp3) is 0.529. The summed E-state index contributed by atoms with van der Waals surface area (Å²) in [6.45, 7) is 0. The number of aliphatic carboxylic acids is 2. The first-order valence-electron chi connectivity index (χ1n) is 8.27. The minimum absolute atomic E-state index is 0. The first-order valence-corrected chi connectivity index (χ1v) is 9.75. The van der Waals surface area contributed by atoms with Crippen LogP contribution >= 0.6 is 0 Å². The van der Waals surface area contributed by atoms with E-state index in [1.165, 1.54) is 6.07 Å². The second kappa shape index (κ2) is 9.44. The molecule has 6 nitrogen and oxygen atoms in total. The molecule has 0 bridgehead atoms. The number of carboxylic acids is 2. The zero-order valence-electron chi connectivity index (χ0n) is 14.8. The Balaban J connectivity index is 0.00000392. The van der Waals surface area contributed by atoms with Gasteiger partial charge in [0, 0.05) is 23.8 Å². The molecule has 150 valence electrons. The number of carboxylic acid groups (broad SMARTS) is 2. The van der Waals surface area contributed by atoms with E-state index in [1.807, 2.05) is 0 Å². The molecule has 1 fully saturated rings. The third-order valence-electron chi connectivity index (χ3n) is 4.89. The topological polar surface area (TPSA) is 114 Å². The summed E-state index contributed by atoms with van der Waals surface area (Å²) < 4.78 is 61.1. The molecule has 11 heteroatoms. The Hall–Kier alpha value is -1.33. The van der Waals surface area contributed by atoms with E-state index in [2.05, 4.69) is 0 Å². The van der Waals surface area contributed by atoms with Gasteiger partial charge in [0.25, 0.3) is 9.84 Å². The molecular weight excluding hydrogens is 414 g/mol. The second-order valence-electron chi connectivity index (χ2n) is 6.62. The molecule has 2 unspecified atom stereocenters. The zero-order valence-corrected chi connectivity index (χ0v) is 17.0. The van der Waals surface area contributed by atoms with Crippen molar-refractivity contribution in [1.29, 1.82) is 0 Å². The standard InChI is InChI=1S/C17H19F3O6S.Mg/c18-17(19,20)27(25,26)12-7-3-4-10(8-12)9-13(15(21)22)14(16(23)24)11-5-1-2-6-11;/h3-4,7-8,11,13-14H,1-2,5-6,9H2,(H,21,22)(H,23,24);/q;+2/p-2. The molecule has 0 amide bonds. The van der Waals surface area contributed by atoms with Crippen LogP contribution in [0.5, 0.6) is 0 Å². The second-order valence-corrected chi connectivity index (χ2v) is 8.56. The van der Waals surface area contributed by atoms with Crippen LogP contribution in [0.15, 0.2) is 29.2 Å². The van der Waals surface area contributed by atoms with Crippen LogP contribution in [0.2, 0.25) is 0 Å². The minimum Gasteiger partial charge on any atom is -0.550 e. The molecule has 1 aliphatic carbocycles. The van der Waals surface area contributed by atoms with Crippen LogP contribution in [-0.4, -0.2) is 48.9 Å². The largest absolute Gasteiger partial charge is 2.00 e. The van der Waals surface area contributed by atoms with Gasteiger partial charge in [-0.15, -0.1) is 0 Å². The van der Waals surface area contributed by atoms with Crippen molar-refractivity contribution >= 4 is 44.8 Å². The Bertz CT molecular complexity index is 818. The molecule has 0 aliphatic heterocycles. The Morgan fingerprint density at radius 1 is 1.11 bits per heavy atom. The number of rotatable bonds is 7. The summed E-state index contributed by atoms with van der Waals surface area (Å²) in [4.78, 5) is 22.0. The van der Waals surface area contributed by atoms with Gasteiger partial charge in [0.1, 0.15) is 0 Å². The molecule has 0 N–H and O–H groups in total. The number of hydrogen-bond acceptors (Lipinski definition) is 6. The summed E-state index contributed by atoms with van der Waals surface area (Å²) in [5.74, 6) is -6.56. The van der Waals surface area contributed by atoms with Gasteiger partial charge in [-0.3, -0.25) is 0 Å². The maximum atomic E-state index is 12.7. The average Bonchev–Trinajstić information content (AvgIpc) is 3.07. The van der Waals surface area contributed by atoms with Gasteiger partial charge in [-0.2, -0.15) is 13.2 Å². The van der Waals surface area contributed by atoms with Gasteiger partial charge in [-0.25, -0.2) is 8.42 Å². The van der Waals surface area contributed by atoms with E-state index >= 15 is 0 Å². The molecule has 2 atom stereocenters. The Morgan fingerprint density at radius 3 is 2.14 bits per heavy atom. The zero-order chi connectivity index (χ0) is 20.4. The van der Waals surface area contributed by atoms with Crippen LogP contribution in [0.3, 0.4) is 0 Å². The summed E-state index contributed by atoms with van der Waals surface area (Å²) in [5.41, 5.74) is -5.55. The first-order chi connectivity index (χ1) is 12.4. The molecule has 1 aromatic rings.